The summed E-state index contributed by atoms with van der Waals surface area (Å²) in [4.78, 5) is 14.7. The first-order chi connectivity index (χ1) is 11.1. The molecule has 2 aromatic rings. The van der Waals surface area contributed by atoms with E-state index in [9.17, 15) is 10.1 Å². The molecule has 0 unspecified atom stereocenters. The zero-order valence-electron chi connectivity index (χ0n) is 13.6. The first kappa shape index (κ1) is 15.2. The number of carbonyl (C=O) groups excluding carboxylic acids is 1. The number of anilines is 1. The van der Waals surface area contributed by atoms with Crippen LogP contribution in [0.5, 0.6) is 0 Å². The molecule has 1 atom stereocenters. The van der Waals surface area contributed by atoms with Crippen molar-refractivity contribution in [2.75, 3.05) is 11.9 Å². The third-order valence-corrected chi connectivity index (χ3v) is 4.47. The molecule has 5 heteroatoms. The quantitative estimate of drug-likeness (QED) is 0.947. The normalized spacial score (nSPS) is 16.7. The zero-order valence-corrected chi connectivity index (χ0v) is 13.6. The van der Waals surface area contributed by atoms with Gasteiger partial charge >= 0.3 is 0 Å². The Kier molecular flexibility index (Phi) is 3.83. The van der Waals surface area contributed by atoms with Crippen LogP contribution >= 0.6 is 0 Å². The molecule has 23 heavy (non-hydrogen) atoms. The average molecular weight is 308 g/mol. The van der Waals surface area contributed by atoms with Crippen LogP contribution in [-0.4, -0.2) is 21.9 Å². The van der Waals surface area contributed by atoms with Gasteiger partial charge in [-0.15, -0.1) is 0 Å². The van der Waals surface area contributed by atoms with Crippen LogP contribution in [0.1, 0.15) is 46.8 Å². The Balaban J connectivity index is 2.11. The van der Waals surface area contributed by atoms with Gasteiger partial charge in [-0.3, -0.25) is 4.79 Å². The highest BCUT2D eigenvalue weighted by molar-refractivity contribution is 6.01. The highest BCUT2D eigenvalue weighted by Gasteiger charge is 2.34. The first-order valence-corrected chi connectivity index (χ1v) is 7.81. The molecule has 3 rings (SSSR count). The van der Waals surface area contributed by atoms with E-state index in [1.807, 2.05) is 53.8 Å². The van der Waals surface area contributed by atoms with Gasteiger partial charge < -0.3 is 14.8 Å². The highest BCUT2D eigenvalue weighted by atomic mass is 16.2. The van der Waals surface area contributed by atoms with Crippen molar-refractivity contribution in [3.8, 4) is 6.07 Å². The van der Waals surface area contributed by atoms with E-state index in [1.54, 1.807) is 0 Å². The van der Waals surface area contributed by atoms with Crippen molar-refractivity contribution in [2.45, 2.75) is 26.4 Å². The number of nitriles is 1. The van der Waals surface area contributed by atoms with Crippen LogP contribution in [0.2, 0.25) is 0 Å². The minimum absolute atomic E-state index is 0.0351. The number of rotatable bonds is 3. The number of amides is 1. The van der Waals surface area contributed by atoms with Gasteiger partial charge in [-0.05, 0) is 31.5 Å². The fourth-order valence-electron chi connectivity index (χ4n) is 3.12. The van der Waals surface area contributed by atoms with Gasteiger partial charge in [0.15, 0.2) is 0 Å². The molecule has 1 amide bonds. The average Bonchev–Trinajstić information content (AvgIpc) is 2.85. The number of para-hydroxylation sites is 1. The molecular formula is C18H20N4O. The minimum Gasteiger partial charge on any atom is -0.361 e. The molecule has 0 bridgehead atoms. The summed E-state index contributed by atoms with van der Waals surface area (Å²) >= 11 is 0. The van der Waals surface area contributed by atoms with Crippen LogP contribution in [0.25, 0.3) is 0 Å². The van der Waals surface area contributed by atoms with E-state index < -0.39 is 0 Å². The van der Waals surface area contributed by atoms with Crippen molar-refractivity contribution >= 4 is 11.6 Å². The summed E-state index contributed by atoms with van der Waals surface area (Å²) in [6, 6.07) is 11.6. The monoisotopic (exact) mass is 308 g/mol. The number of carbonyl (C=O) groups is 1. The van der Waals surface area contributed by atoms with Crippen LogP contribution < -0.4 is 5.32 Å². The summed E-state index contributed by atoms with van der Waals surface area (Å²) in [6.45, 7) is 4.71. The minimum atomic E-state index is -0.245. The van der Waals surface area contributed by atoms with Crippen LogP contribution in [-0.2, 0) is 7.05 Å². The predicted octanol–water partition coefficient (Wildman–Crippen LogP) is 3.18. The molecule has 1 aromatic heterocycles. The van der Waals surface area contributed by atoms with E-state index in [2.05, 4.69) is 18.3 Å². The van der Waals surface area contributed by atoms with E-state index in [-0.39, 0.29) is 12.1 Å². The van der Waals surface area contributed by atoms with Gasteiger partial charge in [-0.1, -0.05) is 19.1 Å². The fourth-order valence-corrected chi connectivity index (χ4v) is 3.12. The van der Waals surface area contributed by atoms with Gasteiger partial charge in [-0.25, -0.2) is 0 Å². The summed E-state index contributed by atoms with van der Waals surface area (Å²) in [7, 11) is 1.88. The van der Waals surface area contributed by atoms with Crippen molar-refractivity contribution < 1.29 is 4.79 Å². The third kappa shape index (κ3) is 2.36. The number of hydrogen-bond acceptors (Lipinski definition) is 3. The van der Waals surface area contributed by atoms with Crippen LogP contribution in [0, 0.1) is 18.3 Å². The molecule has 1 aromatic carbocycles. The molecule has 0 saturated heterocycles. The summed E-state index contributed by atoms with van der Waals surface area (Å²) < 4.78 is 1.87. The molecule has 118 valence electrons. The lowest BCUT2D eigenvalue weighted by atomic mass is 10.0. The first-order valence-electron chi connectivity index (χ1n) is 7.81. The maximum absolute atomic E-state index is 12.9. The van der Waals surface area contributed by atoms with E-state index in [0.29, 0.717) is 17.8 Å². The van der Waals surface area contributed by atoms with Crippen LogP contribution in [0.3, 0.4) is 0 Å². The maximum atomic E-state index is 12.9. The summed E-state index contributed by atoms with van der Waals surface area (Å²) in [5.74, 6) is 0.0351. The predicted molar refractivity (Wildman–Crippen MR) is 89.0 cm³/mol. The standard InChI is InChI=1S/C18H20N4O/c1-4-9-22-17(15-10-13(11-19)21(3)12(15)2)20-16-8-6-5-7-14(16)18(22)23/h5-8,10,17,20H,4,9H2,1-3H3/t17-/m1/s1. The smallest absolute Gasteiger partial charge is 0.257 e. The topological polar surface area (TPSA) is 61.1 Å². The zero-order chi connectivity index (χ0) is 16.6. The van der Waals surface area contributed by atoms with Crippen LogP contribution in [0.4, 0.5) is 5.69 Å². The van der Waals surface area contributed by atoms with Gasteiger partial charge in [0.1, 0.15) is 17.9 Å². The number of fused-ring (bicyclic) bond motifs is 1. The molecule has 0 aliphatic carbocycles. The molecule has 0 saturated carbocycles. The highest BCUT2D eigenvalue weighted by Crippen LogP contribution is 2.35. The van der Waals surface area contributed by atoms with Crippen molar-refractivity contribution in [1.29, 1.82) is 5.26 Å². The van der Waals surface area contributed by atoms with Crippen LogP contribution in [0.15, 0.2) is 30.3 Å². The molecule has 1 N–H and O–H groups in total. The molecular weight excluding hydrogens is 288 g/mol. The number of nitrogens with zero attached hydrogens (tertiary/aromatic N) is 3. The molecule has 0 spiro atoms. The number of benzene rings is 1. The molecule has 0 fully saturated rings. The lowest BCUT2D eigenvalue weighted by Gasteiger charge is -2.38. The third-order valence-electron chi connectivity index (χ3n) is 4.47. The Bertz CT molecular complexity index is 800. The second-order valence-electron chi connectivity index (χ2n) is 5.83. The molecule has 0 radical (unpaired) electrons. The number of nitrogens with one attached hydrogen (secondary N) is 1. The van der Waals surface area contributed by atoms with E-state index in [1.165, 1.54) is 0 Å². The van der Waals surface area contributed by atoms with E-state index in [0.717, 1.165) is 23.4 Å². The number of aromatic nitrogens is 1. The van der Waals surface area contributed by atoms with Crippen molar-refractivity contribution in [3.05, 3.63) is 52.8 Å². The lowest BCUT2D eigenvalue weighted by molar-refractivity contribution is 0.0683. The Morgan fingerprint density at radius 1 is 1.35 bits per heavy atom. The summed E-state index contributed by atoms with van der Waals surface area (Å²) in [6.07, 6.45) is 0.633. The Morgan fingerprint density at radius 2 is 2.09 bits per heavy atom. The van der Waals surface area contributed by atoms with Gasteiger partial charge in [0.05, 0.1) is 5.56 Å². The summed E-state index contributed by atoms with van der Waals surface area (Å²) in [5.41, 5.74) is 4.11. The SMILES string of the molecule is CCCN1C(=O)c2ccccc2N[C@H]1c1cc(C#N)n(C)c1C. The van der Waals surface area contributed by atoms with E-state index >= 15 is 0 Å². The molecule has 5 nitrogen and oxygen atoms in total. The Morgan fingerprint density at radius 3 is 2.74 bits per heavy atom. The molecule has 1 aliphatic heterocycles. The van der Waals surface area contributed by atoms with Gasteiger partial charge in [0, 0.05) is 30.5 Å². The van der Waals surface area contributed by atoms with Gasteiger partial charge in [-0.2, -0.15) is 5.26 Å². The second kappa shape index (κ2) is 5.81. The number of hydrogen-bond donors (Lipinski definition) is 1. The summed E-state index contributed by atoms with van der Waals surface area (Å²) in [5, 5.41) is 12.7. The fraction of sp³-hybridized carbons (Fsp3) is 0.333. The van der Waals surface area contributed by atoms with E-state index in [4.69, 9.17) is 0 Å². The lowest BCUT2D eigenvalue weighted by Crippen LogP contribution is -2.43. The molecule has 2 heterocycles. The Hall–Kier alpha value is -2.74. The largest absolute Gasteiger partial charge is 0.361 e. The van der Waals surface area contributed by atoms with Crippen molar-refractivity contribution in [2.24, 2.45) is 7.05 Å². The molecule has 1 aliphatic rings. The van der Waals surface area contributed by atoms with Gasteiger partial charge in [0.2, 0.25) is 0 Å². The van der Waals surface area contributed by atoms with Crippen molar-refractivity contribution in [1.82, 2.24) is 9.47 Å². The second-order valence-corrected chi connectivity index (χ2v) is 5.83. The maximum Gasteiger partial charge on any atom is 0.257 e. The van der Waals surface area contributed by atoms with Crippen molar-refractivity contribution in [3.63, 3.8) is 0 Å². The Labute approximate surface area is 136 Å². The van der Waals surface area contributed by atoms with Gasteiger partial charge in [0.25, 0.3) is 5.91 Å².